The highest BCUT2D eigenvalue weighted by Gasteiger charge is 2.16. The van der Waals surface area contributed by atoms with Gasteiger partial charge in [0.1, 0.15) is 22.8 Å². The molecule has 0 amide bonds. The molecule has 0 spiro atoms. The second-order valence-corrected chi connectivity index (χ2v) is 8.41. The van der Waals surface area contributed by atoms with E-state index in [4.69, 9.17) is 31.5 Å². The molecule has 0 aliphatic heterocycles. The number of halogens is 2. The topological polar surface area (TPSA) is 130 Å². The lowest BCUT2D eigenvalue weighted by molar-refractivity contribution is 0.393. The number of alkyl halides is 1. The summed E-state index contributed by atoms with van der Waals surface area (Å²) in [5.41, 5.74) is 9.58. The molecule has 3 heterocycles. The third kappa shape index (κ3) is 5.85. The lowest BCUT2D eigenvalue weighted by atomic mass is 10.1. The monoisotopic (exact) mass is 564 g/mol. The molecule has 0 aliphatic rings. The maximum Gasteiger partial charge on any atom is 0.328 e. The van der Waals surface area contributed by atoms with Crippen molar-refractivity contribution in [1.29, 1.82) is 0 Å². The van der Waals surface area contributed by atoms with Gasteiger partial charge in [-0.05, 0) is 31.5 Å². The van der Waals surface area contributed by atoms with Crippen molar-refractivity contribution in [3.63, 3.8) is 0 Å². The highest BCUT2D eigenvalue weighted by atomic mass is 79.9. The van der Waals surface area contributed by atoms with Crippen molar-refractivity contribution in [2.75, 3.05) is 27.1 Å². The largest absolute Gasteiger partial charge is 0.497 e. The summed E-state index contributed by atoms with van der Waals surface area (Å²) < 4.78 is 17.0. The van der Waals surface area contributed by atoms with E-state index in [1.165, 1.54) is 4.57 Å². The number of fused-ring (bicyclic) bond motifs is 1. The number of anilines is 1. The summed E-state index contributed by atoms with van der Waals surface area (Å²) in [5, 5.41) is 0.912. The Morgan fingerprint density at radius 1 is 1.09 bits per heavy atom. The number of ether oxygens (including phenoxy) is 3. The molecule has 0 saturated heterocycles. The summed E-state index contributed by atoms with van der Waals surface area (Å²) in [6.45, 7) is 4.02. The number of H-pyrrole nitrogens is 1. The van der Waals surface area contributed by atoms with E-state index in [0.717, 1.165) is 39.3 Å². The van der Waals surface area contributed by atoms with E-state index in [1.54, 1.807) is 27.5 Å². The van der Waals surface area contributed by atoms with Crippen molar-refractivity contribution in [3.05, 3.63) is 62.4 Å². The zero-order valence-electron chi connectivity index (χ0n) is 20.0. The van der Waals surface area contributed by atoms with Crippen LogP contribution in [0, 0.1) is 13.8 Å². The van der Waals surface area contributed by atoms with Gasteiger partial charge < -0.3 is 24.9 Å². The van der Waals surface area contributed by atoms with Crippen LogP contribution in [0.25, 0.3) is 11.2 Å². The Balaban J connectivity index is 0.000000241. The number of rotatable bonds is 6. The predicted octanol–water partition coefficient (Wildman–Crippen LogP) is 4.02. The minimum absolute atomic E-state index is 0.00131. The van der Waals surface area contributed by atoms with Crippen LogP contribution in [0.2, 0.25) is 5.15 Å². The summed E-state index contributed by atoms with van der Waals surface area (Å²) in [4.78, 5) is 27.2. The number of aryl methyl sites for hydroxylation is 1. The van der Waals surface area contributed by atoms with E-state index in [9.17, 15) is 4.79 Å². The van der Waals surface area contributed by atoms with Crippen LogP contribution in [0.1, 0.15) is 22.4 Å². The smallest absolute Gasteiger partial charge is 0.328 e. The fourth-order valence-electron chi connectivity index (χ4n) is 3.48. The highest BCUT2D eigenvalue weighted by Crippen LogP contribution is 2.26. The summed E-state index contributed by atoms with van der Waals surface area (Å²) in [6, 6.07) is 5.79. The van der Waals surface area contributed by atoms with E-state index in [-0.39, 0.29) is 23.3 Å². The minimum atomic E-state index is -0.359. The van der Waals surface area contributed by atoms with Gasteiger partial charge in [0.05, 0.1) is 33.6 Å². The summed E-state index contributed by atoms with van der Waals surface area (Å²) >= 11 is 9.37. The number of hydrogen-bond donors (Lipinski definition) is 2. The molecule has 0 fully saturated rings. The van der Waals surface area contributed by atoms with Crippen LogP contribution >= 0.6 is 27.5 Å². The number of nitrogens with two attached hydrogens (primary N) is 1. The van der Waals surface area contributed by atoms with Crippen molar-refractivity contribution in [3.8, 4) is 17.2 Å². The van der Waals surface area contributed by atoms with Gasteiger partial charge in [0, 0.05) is 28.7 Å². The Kier molecular flexibility index (Phi) is 8.57. The first-order valence-corrected chi connectivity index (χ1v) is 11.9. The molecule has 186 valence electrons. The number of aromatic amines is 1. The minimum Gasteiger partial charge on any atom is -0.497 e. The zero-order chi connectivity index (χ0) is 25.7. The molecular weight excluding hydrogens is 540 g/mol. The number of nitrogens with zero attached hydrogens (tertiary/aromatic N) is 4. The number of pyridine rings is 1. The Morgan fingerprint density at radius 2 is 1.74 bits per heavy atom. The highest BCUT2D eigenvalue weighted by molar-refractivity contribution is 9.08. The Labute approximate surface area is 215 Å². The van der Waals surface area contributed by atoms with Gasteiger partial charge in [-0.1, -0.05) is 27.5 Å². The molecule has 3 aromatic heterocycles. The number of benzene rings is 1. The summed E-state index contributed by atoms with van der Waals surface area (Å²) in [6.07, 6.45) is 1.71. The SMILES string of the molecule is COc1c(C)cnc(Cn2c(=O)[nH]c3c(Cl)nc(N)nc32)c1C.COc1cc(CBr)cc(OC)c1. The van der Waals surface area contributed by atoms with Crippen molar-refractivity contribution in [2.45, 2.75) is 25.7 Å². The number of nitrogens with one attached hydrogen (secondary N) is 1. The van der Waals surface area contributed by atoms with Crippen LogP contribution < -0.4 is 25.6 Å². The van der Waals surface area contributed by atoms with Crippen molar-refractivity contribution < 1.29 is 14.2 Å². The van der Waals surface area contributed by atoms with Gasteiger partial charge in [-0.3, -0.25) is 9.55 Å². The molecule has 0 aliphatic carbocycles. The van der Waals surface area contributed by atoms with E-state index >= 15 is 0 Å². The third-order valence-electron chi connectivity index (χ3n) is 5.22. The molecule has 10 nitrogen and oxygen atoms in total. The average molecular weight is 566 g/mol. The quantitative estimate of drug-likeness (QED) is 0.265. The number of aromatic nitrogens is 5. The number of hydrogen-bond acceptors (Lipinski definition) is 8. The molecule has 0 atom stereocenters. The van der Waals surface area contributed by atoms with E-state index in [1.807, 2.05) is 32.0 Å². The van der Waals surface area contributed by atoms with Gasteiger partial charge in [-0.25, -0.2) is 4.79 Å². The Morgan fingerprint density at radius 3 is 2.31 bits per heavy atom. The van der Waals surface area contributed by atoms with Crippen LogP contribution in [0.3, 0.4) is 0 Å². The maximum atomic E-state index is 12.2. The summed E-state index contributed by atoms with van der Waals surface area (Å²) in [7, 11) is 4.89. The second kappa shape index (κ2) is 11.4. The standard InChI is InChI=1S/C14H15ClN6O2.C9H11BrO2/c1-6-4-17-8(7(2)10(6)23-3)5-21-12-9(18-14(21)22)11(15)19-13(16)20-12;1-11-8-3-7(6-10)4-9(5-8)12-2/h4H,5H2,1-3H3,(H,18,22)(H2,16,19,20);3-5H,6H2,1-2H3. The zero-order valence-corrected chi connectivity index (χ0v) is 22.3. The predicted molar refractivity (Wildman–Crippen MR) is 139 cm³/mol. The lowest BCUT2D eigenvalue weighted by Gasteiger charge is -2.12. The normalized spacial score (nSPS) is 10.6. The van der Waals surface area contributed by atoms with Crippen molar-refractivity contribution >= 4 is 44.6 Å². The maximum absolute atomic E-state index is 12.2. The fourth-order valence-corrected chi connectivity index (χ4v) is 4.02. The average Bonchev–Trinajstić information content (AvgIpc) is 3.16. The van der Waals surface area contributed by atoms with Gasteiger partial charge in [-0.2, -0.15) is 9.97 Å². The van der Waals surface area contributed by atoms with E-state index in [2.05, 4.69) is 35.9 Å². The summed E-state index contributed by atoms with van der Waals surface area (Å²) in [5.74, 6) is 2.39. The van der Waals surface area contributed by atoms with Crippen LogP contribution in [-0.4, -0.2) is 45.8 Å². The first kappa shape index (κ1) is 26.3. The van der Waals surface area contributed by atoms with Crippen LogP contribution in [-0.2, 0) is 11.9 Å². The van der Waals surface area contributed by atoms with Gasteiger partial charge in [-0.15, -0.1) is 0 Å². The van der Waals surface area contributed by atoms with E-state index in [0.29, 0.717) is 16.9 Å². The molecule has 1 aromatic carbocycles. The first-order valence-electron chi connectivity index (χ1n) is 10.4. The molecule has 0 saturated carbocycles. The van der Waals surface area contributed by atoms with Gasteiger partial charge in [0.2, 0.25) is 5.95 Å². The number of methoxy groups -OCH3 is 3. The van der Waals surface area contributed by atoms with Crippen molar-refractivity contribution in [2.24, 2.45) is 0 Å². The fraction of sp³-hybridized carbons (Fsp3) is 0.304. The van der Waals surface area contributed by atoms with Crippen LogP contribution in [0.4, 0.5) is 5.95 Å². The first-order chi connectivity index (χ1) is 16.7. The Hall–Kier alpha value is -3.31. The molecule has 12 heteroatoms. The number of nitrogen functional groups attached to an aromatic ring is 1. The Bertz CT molecular complexity index is 1350. The van der Waals surface area contributed by atoms with Crippen molar-refractivity contribution in [1.82, 2.24) is 24.5 Å². The lowest BCUT2D eigenvalue weighted by Crippen LogP contribution is -2.19. The molecule has 0 radical (unpaired) electrons. The molecule has 4 rings (SSSR count). The van der Waals surface area contributed by atoms with Crippen LogP contribution in [0.5, 0.6) is 17.2 Å². The molecule has 0 bridgehead atoms. The molecule has 35 heavy (non-hydrogen) atoms. The molecule has 3 N–H and O–H groups in total. The van der Waals surface area contributed by atoms with Gasteiger partial charge >= 0.3 is 5.69 Å². The number of imidazole rings is 1. The van der Waals surface area contributed by atoms with Crippen LogP contribution in [0.15, 0.2) is 29.2 Å². The molecule has 4 aromatic rings. The van der Waals surface area contributed by atoms with E-state index < -0.39 is 0 Å². The molecular formula is C23H26BrClN6O4. The van der Waals surface area contributed by atoms with Gasteiger partial charge in [0.15, 0.2) is 10.8 Å². The second-order valence-electron chi connectivity index (χ2n) is 7.49. The molecule has 0 unspecified atom stereocenters. The van der Waals surface area contributed by atoms with Gasteiger partial charge in [0.25, 0.3) is 0 Å². The third-order valence-corrected chi connectivity index (χ3v) is 6.14.